The zero-order chi connectivity index (χ0) is 30.8. The molecule has 8 nitrogen and oxygen atoms in total. The van der Waals surface area contributed by atoms with Gasteiger partial charge in [-0.05, 0) is 37.2 Å². The SMILES string of the molecule is C[C@@H]1CN([C@H](C)CO)C(=O)c2c(c3ccccc3n2C)-c2ccccc2CO[C@@H]1CN(C)Cc1cccc2c1OCCCO2. The number of fused-ring (bicyclic) bond motifs is 6. The largest absolute Gasteiger partial charge is 0.490 e. The maximum Gasteiger partial charge on any atom is 0.271 e. The molecule has 1 N–H and O–H groups in total. The van der Waals surface area contributed by atoms with E-state index in [0.717, 1.165) is 51.1 Å². The first-order valence-corrected chi connectivity index (χ1v) is 15.6. The molecule has 0 unspecified atom stereocenters. The minimum atomic E-state index is -0.359. The van der Waals surface area contributed by atoms with Crippen LogP contribution in [0.5, 0.6) is 11.5 Å². The second kappa shape index (κ2) is 13.0. The number of para-hydroxylation sites is 2. The van der Waals surface area contributed by atoms with Gasteiger partial charge in [-0.2, -0.15) is 0 Å². The summed E-state index contributed by atoms with van der Waals surface area (Å²) >= 11 is 0. The molecule has 232 valence electrons. The molecule has 0 spiro atoms. The number of carbonyl (C=O) groups excluding carboxylic acids is 1. The number of carbonyl (C=O) groups is 1. The lowest BCUT2D eigenvalue weighted by Crippen LogP contribution is -2.47. The van der Waals surface area contributed by atoms with Crippen molar-refractivity contribution in [2.24, 2.45) is 13.0 Å². The van der Waals surface area contributed by atoms with Crippen LogP contribution in [-0.4, -0.2) is 77.5 Å². The quantitative estimate of drug-likeness (QED) is 0.317. The van der Waals surface area contributed by atoms with Crippen LogP contribution < -0.4 is 9.47 Å². The smallest absolute Gasteiger partial charge is 0.271 e. The highest BCUT2D eigenvalue weighted by Gasteiger charge is 2.33. The van der Waals surface area contributed by atoms with Crippen molar-refractivity contribution in [3.8, 4) is 22.6 Å². The summed E-state index contributed by atoms with van der Waals surface area (Å²) in [6, 6.07) is 22.1. The predicted molar refractivity (Wildman–Crippen MR) is 172 cm³/mol. The lowest BCUT2D eigenvalue weighted by molar-refractivity contribution is -0.0242. The van der Waals surface area contributed by atoms with Gasteiger partial charge < -0.3 is 28.8 Å². The van der Waals surface area contributed by atoms with Crippen LogP contribution in [0.4, 0.5) is 0 Å². The molecule has 1 amide bonds. The van der Waals surface area contributed by atoms with Crippen LogP contribution in [0.1, 0.15) is 41.9 Å². The molecule has 0 saturated heterocycles. The molecule has 3 atom stereocenters. The van der Waals surface area contributed by atoms with Crippen molar-refractivity contribution < 1.29 is 24.1 Å². The second-order valence-electron chi connectivity index (χ2n) is 12.3. The Morgan fingerprint density at radius 3 is 2.64 bits per heavy atom. The van der Waals surface area contributed by atoms with Crippen molar-refractivity contribution in [2.75, 3.05) is 40.0 Å². The fourth-order valence-corrected chi connectivity index (χ4v) is 6.57. The molecule has 2 aliphatic heterocycles. The van der Waals surface area contributed by atoms with Crippen molar-refractivity contribution in [1.29, 1.82) is 0 Å². The summed E-state index contributed by atoms with van der Waals surface area (Å²) in [5, 5.41) is 11.3. The highest BCUT2D eigenvalue weighted by atomic mass is 16.5. The van der Waals surface area contributed by atoms with Gasteiger partial charge in [-0.3, -0.25) is 9.69 Å². The Labute approximate surface area is 259 Å². The molecule has 3 heterocycles. The van der Waals surface area contributed by atoms with E-state index in [9.17, 15) is 9.90 Å². The fraction of sp³-hybridized carbons (Fsp3) is 0.417. The highest BCUT2D eigenvalue weighted by Crippen LogP contribution is 2.39. The van der Waals surface area contributed by atoms with E-state index in [1.807, 2.05) is 59.8 Å². The number of hydrogen-bond acceptors (Lipinski definition) is 6. The molecule has 44 heavy (non-hydrogen) atoms. The third-order valence-electron chi connectivity index (χ3n) is 9.01. The van der Waals surface area contributed by atoms with Crippen molar-refractivity contribution in [2.45, 2.75) is 45.6 Å². The summed E-state index contributed by atoms with van der Waals surface area (Å²) in [7, 11) is 4.05. The lowest BCUT2D eigenvalue weighted by Gasteiger charge is -2.35. The van der Waals surface area contributed by atoms with Crippen LogP contribution in [0.25, 0.3) is 22.0 Å². The number of nitrogens with zero attached hydrogens (tertiary/aromatic N) is 3. The third kappa shape index (κ3) is 5.82. The number of aliphatic hydroxyl groups excluding tert-OH is 1. The lowest BCUT2D eigenvalue weighted by atomic mass is 9.96. The molecule has 0 saturated carbocycles. The zero-order valence-corrected chi connectivity index (χ0v) is 26.2. The Balaban J connectivity index is 1.36. The number of hydrogen-bond donors (Lipinski definition) is 1. The van der Waals surface area contributed by atoms with Gasteiger partial charge in [0.2, 0.25) is 0 Å². The Kier molecular flexibility index (Phi) is 8.93. The van der Waals surface area contributed by atoms with Gasteiger partial charge >= 0.3 is 0 Å². The van der Waals surface area contributed by atoms with Crippen LogP contribution >= 0.6 is 0 Å². The van der Waals surface area contributed by atoms with Gasteiger partial charge in [0.25, 0.3) is 5.91 Å². The molecule has 0 bridgehead atoms. The van der Waals surface area contributed by atoms with Crippen molar-refractivity contribution in [3.05, 3.63) is 83.6 Å². The van der Waals surface area contributed by atoms with Gasteiger partial charge in [0, 0.05) is 61.1 Å². The van der Waals surface area contributed by atoms with E-state index in [1.54, 1.807) is 0 Å². The summed E-state index contributed by atoms with van der Waals surface area (Å²) in [6.45, 7) is 7.41. The van der Waals surface area contributed by atoms with Gasteiger partial charge in [-0.15, -0.1) is 0 Å². The van der Waals surface area contributed by atoms with Crippen molar-refractivity contribution in [1.82, 2.24) is 14.4 Å². The van der Waals surface area contributed by atoms with E-state index in [-0.39, 0.29) is 30.6 Å². The summed E-state index contributed by atoms with van der Waals surface area (Å²) in [4.78, 5) is 18.6. The first kappa shape index (κ1) is 30.2. The van der Waals surface area contributed by atoms with Gasteiger partial charge in [0.05, 0.1) is 38.6 Å². The standard InChI is InChI=1S/C36H43N3O5/c1-24-19-39(25(2)22-40)36(41)34-33(29-14-7-8-15-30(29)38(34)4)28-13-6-5-11-27(28)23-44-32(24)21-37(3)20-26-12-9-16-31-35(26)43-18-10-17-42-31/h5-9,11-16,24-25,32,40H,10,17-23H2,1-4H3/t24-,25-,32-/m1/s1. The second-order valence-corrected chi connectivity index (χ2v) is 12.3. The van der Waals surface area contributed by atoms with E-state index >= 15 is 0 Å². The van der Waals surface area contributed by atoms with E-state index in [4.69, 9.17) is 14.2 Å². The zero-order valence-electron chi connectivity index (χ0n) is 26.2. The molecule has 3 aromatic carbocycles. The van der Waals surface area contributed by atoms with Crippen LogP contribution in [0.15, 0.2) is 66.7 Å². The molecule has 2 aliphatic rings. The van der Waals surface area contributed by atoms with Crippen LogP contribution in [-0.2, 0) is 24.9 Å². The maximum absolute atomic E-state index is 14.6. The first-order chi connectivity index (χ1) is 21.4. The first-order valence-electron chi connectivity index (χ1n) is 15.6. The average molecular weight is 598 g/mol. The number of aryl methyl sites for hydroxylation is 1. The minimum Gasteiger partial charge on any atom is -0.490 e. The van der Waals surface area contributed by atoms with E-state index in [2.05, 4.69) is 49.2 Å². The number of rotatable bonds is 6. The summed E-state index contributed by atoms with van der Waals surface area (Å²) in [5.41, 5.74) is 5.66. The molecule has 4 aromatic rings. The molecule has 8 heteroatoms. The number of amides is 1. The Bertz CT molecular complexity index is 1630. The van der Waals surface area contributed by atoms with Crippen LogP contribution in [0, 0.1) is 5.92 Å². The number of aliphatic hydroxyl groups is 1. The molecule has 0 fully saturated rings. The Hall–Kier alpha value is -3.85. The van der Waals surface area contributed by atoms with E-state index in [0.29, 0.717) is 45.1 Å². The summed E-state index contributed by atoms with van der Waals surface area (Å²) < 4.78 is 20.8. The molecule has 6 rings (SSSR count). The maximum atomic E-state index is 14.6. The number of aromatic nitrogens is 1. The molecule has 1 aromatic heterocycles. The summed E-state index contributed by atoms with van der Waals surface area (Å²) in [6.07, 6.45) is 0.687. The number of likely N-dealkylation sites (N-methyl/N-ethyl adjacent to an activating group) is 1. The predicted octanol–water partition coefficient (Wildman–Crippen LogP) is 5.50. The molecule has 0 radical (unpaired) electrons. The fourth-order valence-electron chi connectivity index (χ4n) is 6.57. The Morgan fingerprint density at radius 1 is 1.02 bits per heavy atom. The monoisotopic (exact) mass is 597 g/mol. The highest BCUT2D eigenvalue weighted by molar-refractivity contribution is 6.10. The van der Waals surface area contributed by atoms with Gasteiger partial charge in [-0.1, -0.05) is 61.5 Å². The van der Waals surface area contributed by atoms with Crippen LogP contribution in [0.2, 0.25) is 0 Å². The Morgan fingerprint density at radius 2 is 1.80 bits per heavy atom. The normalized spacial score (nSPS) is 19.7. The van der Waals surface area contributed by atoms with Gasteiger partial charge in [0.1, 0.15) is 5.69 Å². The average Bonchev–Trinajstić information content (AvgIpc) is 3.16. The topological polar surface area (TPSA) is 76.4 Å². The van der Waals surface area contributed by atoms with E-state index < -0.39 is 0 Å². The van der Waals surface area contributed by atoms with Gasteiger partial charge in [0.15, 0.2) is 11.5 Å². The van der Waals surface area contributed by atoms with Crippen molar-refractivity contribution in [3.63, 3.8) is 0 Å². The van der Waals surface area contributed by atoms with Crippen molar-refractivity contribution >= 4 is 16.8 Å². The van der Waals surface area contributed by atoms with Crippen LogP contribution in [0.3, 0.4) is 0 Å². The number of ether oxygens (including phenoxy) is 3. The molecular weight excluding hydrogens is 554 g/mol. The summed E-state index contributed by atoms with van der Waals surface area (Å²) in [5.74, 6) is 1.52. The third-order valence-corrected chi connectivity index (χ3v) is 9.01. The van der Waals surface area contributed by atoms with E-state index in [1.165, 1.54) is 0 Å². The molecule has 0 aliphatic carbocycles. The minimum absolute atomic E-state index is 0.00808. The van der Waals surface area contributed by atoms with Gasteiger partial charge in [-0.25, -0.2) is 0 Å². The molecular formula is C36H43N3O5. The number of benzene rings is 3.